The van der Waals surface area contributed by atoms with E-state index in [0.717, 1.165) is 0 Å². The van der Waals surface area contributed by atoms with Crippen LogP contribution in [0.2, 0.25) is 0 Å². The van der Waals surface area contributed by atoms with Crippen LogP contribution in [0.5, 0.6) is 0 Å². The van der Waals surface area contributed by atoms with Crippen molar-refractivity contribution in [3.63, 3.8) is 0 Å². The molecule has 1 saturated carbocycles. The van der Waals surface area contributed by atoms with Crippen LogP contribution in [0.3, 0.4) is 0 Å². The van der Waals surface area contributed by atoms with Crippen LogP contribution in [-0.4, -0.2) is 6.04 Å². The van der Waals surface area contributed by atoms with Crippen LogP contribution in [-0.2, 0) is 0 Å². The Kier molecular flexibility index (Phi) is 3.15. The summed E-state index contributed by atoms with van der Waals surface area (Å²) in [4.78, 5) is 0. The van der Waals surface area contributed by atoms with Gasteiger partial charge in [0.25, 0.3) is 0 Å². The lowest BCUT2D eigenvalue weighted by Crippen LogP contribution is -2.26. The van der Waals surface area contributed by atoms with E-state index in [2.05, 4.69) is 17.3 Å². The van der Waals surface area contributed by atoms with E-state index in [1.807, 2.05) is 6.92 Å². The molecule has 1 fully saturated rings. The van der Waals surface area contributed by atoms with Gasteiger partial charge in [0, 0.05) is 12.1 Å². The number of nitrogens with one attached hydrogen (secondary N) is 1. The smallest absolute Gasteiger partial charge is 0.0340 e. The molecule has 0 bridgehead atoms. The highest BCUT2D eigenvalue weighted by molar-refractivity contribution is 4.95. The van der Waals surface area contributed by atoms with Gasteiger partial charge in [-0.25, -0.2) is 0 Å². The SMILES string of the molecule is CC#CNC1CCCCC1. The van der Waals surface area contributed by atoms with Crippen LogP contribution in [0, 0.1) is 12.0 Å². The summed E-state index contributed by atoms with van der Waals surface area (Å²) in [7, 11) is 0. The van der Waals surface area contributed by atoms with Crippen molar-refractivity contribution < 1.29 is 0 Å². The van der Waals surface area contributed by atoms with Crippen LogP contribution >= 0.6 is 0 Å². The Hall–Kier alpha value is -0.640. The lowest BCUT2D eigenvalue weighted by Gasteiger charge is -2.20. The first-order valence-corrected chi connectivity index (χ1v) is 4.11. The molecule has 0 aliphatic heterocycles. The molecule has 0 aromatic rings. The molecule has 0 spiro atoms. The highest BCUT2D eigenvalue weighted by Crippen LogP contribution is 2.16. The van der Waals surface area contributed by atoms with Gasteiger partial charge < -0.3 is 5.32 Å². The largest absolute Gasteiger partial charge is 0.343 e. The predicted molar refractivity (Wildman–Crippen MR) is 43.5 cm³/mol. The van der Waals surface area contributed by atoms with Gasteiger partial charge in [-0.15, -0.1) is 0 Å². The minimum atomic E-state index is 0.682. The van der Waals surface area contributed by atoms with Crippen molar-refractivity contribution in [2.45, 2.75) is 45.1 Å². The number of hydrogen-bond donors (Lipinski definition) is 1. The molecule has 0 unspecified atom stereocenters. The molecule has 10 heavy (non-hydrogen) atoms. The van der Waals surface area contributed by atoms with Crippen molar-refractivity contribution in [1.82, 2.24) is 5.32 Å². The summed E-state index contributed by atoms with van der Waals surface area (Å²) in [6, 6.07) is 3.60. The Balaban J connectivity index is 2.17. The van der Waals surface area contributed by atoms with Crippen LogP contribution in [0.1, 0.15) is 39.0 Å². The Morgan fingerprint density at radius 1 is 1.20 bits per heavy atom. The van der Waals surface area contributed by atoms with Gasteiger partial charge in [-0.3, -0.25) is 0 Å². The predicted octanol–water partition coefficient (Wildman–Crippen LogP) is 1.89. The van der Waals surface area contributed by atoms with Crippen LogP contribution < -0.4 is 5.32 Å². The minimum absolute atomic E-state index is 0.682. The maximum absolute atomic E-state index is 3.21. The van der Waals surface area contributed by atoms with Gasteiger partial charge in [0.2, 0.25) is 0 Å². The van der Waals surface area contributed by atoms with Crippen LogP contribution in [0.15, 0.2) is 0 Å². The highest BCUT2D eigenvalue weighted by Gasteiger charge is 2.10. The van der Waals surface area contributed by atoms with Crippen LogP contribution in [0.4, 0.5) is 0 Å². The van der Waals surface area contributed by atoms with Gasteiger partial charge >= 0.3 is 0 Å². The molecule has 0 atom stereocenters. The molecule has 0 saturated heterocycles. The maximum atomic E-state index is 3.21. The molecule has 1 N–H and O–H groups in total. The first kappa shape index (κ1) is 7.47. The molecule has 0 heterocycles. The van der Waals surface area contributed by atoms with E-state index in [4.69, 9.17) is 0 Å². The molecule has 1 nitrogen and oxygen atoms in total. The zero-order chi connectivity index (χ0) is 7.23. The van der Waals surface area contributed by atoms with Crippen molar-refractivity contribution in [1.29, 1.82) is 0 Å². The Labute approximate surface area is 63.2 Å². The van der Waals surface area contributed by atoms with Gasteiger partial charge in [-0.05, 0) is 19.8 Å². The van der Waals surface area contributed by atoms with Crippen molar-refractivity contribution >= 4 is 0 Å². The normalized spacial score (nSPS) is 19.3. The summed E-state index contributed by atoms with van der Waals surface area (Å²) in [5, 5.41) is 3.21. The molecule has 1 rings (SSSR count). The monoisotopic (exact) mass is 137 g/mol. The van der Waals surface area contributed by atoms with Crippen molar-refractivity contribution in [2.24, 2.45) is 0 Å². The quantitative estimate of drug-likeness (QED) is 0.430. The van der Waals surface area contributed by atoms with Gasteiger partial charge in [0.15, 0.2) is 0 Å². The second kappa shape index (κ2) is 4.22. The number of hydrogen-bond acceptors (Lipinski definition) is 1. The standard InChI is InChI=1S/C9H15N/c1-2-8-10-9-6-4-3-5-7-9/h9-10H,3-7H2,1H3. The van der Waals surface area contributed by atoms with Gasteiger partial charge in [-0.2, -0.15) is 0 Å². The van der Waals surface area contributed by atoms with E-state index >= 15 is 0 Å². The molecular formula is C9H15N. The van der Waals surface area contributed by atoms with E-state index in [0.29, 0.717) is 6.04 Å². The zero-order valence-corrected chi connectivity index (χ0v) is 6.61. The van der Waals surface area contributed by atoms with E-state index < -0.39 is 0 Å². The Morgan fingerprint density at radius 2 is 1.90 bits per heavy atom. The van der Waals surface area contributed by atoms with Gasteiger partial charge in [-0.1, -0.05) is 25.2 Å². The van der Waals surface area contributed by atoms with Crippen LogP contribution in [0.25, 0.3) is 0 Å². The van der Waals surface area contributed by atoms with Crippen molar-refractivity contribution in [3.8, 4) is 12.0 Å². The van der Waals surface area contributed by atoms with E-state index in [9.17, 15) is 0 Å². The van der Waals surface area contributed by atoms with Crippen molar-refractivity contribution in [3.05, 3.63) is 0 Å². The molecule has 56 valence electrons. The fourth-order valence-electron chi connectivity index (χ4n) is 1.42. The third-order valence-electron chi connectivity index (χ3n) is 2.01. The van der Waals surface area contributed by atoms with Gasteiger partial charge in [0.1, 0.15) is 0 Å². The molecule has 1 aliphatic carbocycles. The fourth-order valence-corrected chi connectivity index (χ4v) is 1.42. The highest BCUT2D eigenvalue weighted by atomic mass is 14.9. The molecule has 0 amide bonds. The van der Waals surface area contributed by atoms with E-state index in [-0.39, 0.29) is 0 Å². The molecular weight excluding hydrogens is 122 g/mol. The molecule has 0 aromatic carbocycles. The molecule has 0 radical (unpaired) electrons. The summed E-state index contributed by atoms with van der Waals surface area (Å²) in [6.45, 7) is 1.87. The lowest BCUT2D eigenvalue weighted by molar-refractivity contribution is 0.409. The summed E-state index contributed by atoms with van der Waals surface area (Å²) in [6.07, 6.45) is 6.80. The van der Waals surface area contributed by atoms with E-state index in [1.54, 1.807) is 0 Å². The molecule has 1 heteroatoms. The summed E-state index contributed by atoms with van der Waals surface area (Å²) < 4.78 is 0. The summed E-state index contributed by atoms with van der Waals surface area (Å²) in [5.41, 5.74) is 0. The first-order valence-electron chi connectivity index (χ1n) is 4.11. The summed E-state index contributed by atoms with van der Waals surface area (Å²) >= 11 is 0. The fraction of sp³-hybridized carbons (Fsp3) is 0.778. The zero-order valence-electron chi connectivity index (χ0n) is 6.61. The Morgan fingerprint density at radius 3 is 2.50 bits per heavy atom. The lowest BCUT2D eigenvalue weighted by atomic mass is 9.96. The average molecular weight is 137 g/mol. The average Bonchev–Trinajstić information content (AvgIpc) is 2.03. The number of rotatable bonds is 1. The van der Waals surface area contributed by atoms with E-state index in [1.165, 1.54) is 32.1 Å². The molecule has 0 aromatic heterocycles. The third-order valence-corrected chi connectivity index (χ3v) is 2.01. The molecule has 1 aliphatic rings. The second-order valence-corrected chi connectivity index (χ2v) is 2.85. The van der Waals surface area contributed by atoms with Crippen molar-refractivity contribution in [2.75, 3.05) is 0 Å². The third kappa shape index (κ3) is 2.31. The Bertz CT molecular complexity index is 135. The minimum Gasteiger partial charge on any atom is -0.343 e. The maximum Gasteiger partial charge on any atom is 0.0340 e. The second-order valence-electron chi connectivity index (χ2n) is 2.85. The van der Waals surface area contributed by atoms with Gasteiger partial charge in [0.05, 0.1) is 0 Å². The first-order chi connectivity index (χ1) is 4.93. The topological polar surface area (TPSA) is 12.0 Å². The summed E-state index contributed by atoms with van der Waals surface area (Å²) in [5.74, 6) is 2.85.